The van der Waals surface area contributed by atoms with Gasteiger partial charge in [-0.25, -0.2) is 14.0 Å². The molecule has 21 heteroatoms. The smallest absolute Gasteiger partial charge is 0.433 e. The van der Waals surface area contributed by atoms with Crippen molar-refractivity contribution in [3.63, 3.8) is 0 Å². The fourth-order valence-electron chi connectivity index (χ4n) is 3.06. The Bertz CT molecular complexity index is 1520. The summed E-state index contributed by atoms with van der Waals surface area (Å²) in [7, 11) is 2.81. The fraction of sp³-hybridized carbons (Fsp3) is 0.300. The van der Waals surface area contributed by atoms with Crippen LogP contribution < -0.4 is 14.2 Å². The van der Waals surface area contributed by atoms with E-state index >= 15 is 8.78 Å². The Hall–Kier alpha value is -4.59. The van der Waals surface area contributed by atoms with E-state index in [1.807, 2.05) is 0 Å². The zero-order valence-corrected chi connectivity index (χ0v) is 20.2. The number of aryl methyl sites for hydroxylation is 3. The van der Waals surface area contributed by atoms with E-state index in [0.717, 1.165) is 21.1 Å². The first-order valence-electron chi connectivity index (χ1n) is 10.5. The molecule has 41 heavy (non-hydrogen) atoms. The molecule has 222 valence electrons. The molecular weight excluding hydrogens is 595 g/mol. The number of aromatic nitrogens is 7. The number of halogens is 11. The number of nitrogens with zero attached hydrogens (tertiary/aromatic N) is 7. The Morgan fingerprint density at radius 3 is 1.10 bits per heavy atom. The molecule has 4 rings (SSSR count). The molecule has 0 aliphatic rings. The molecule has 4 aromatic heterocycles. The number of rotatable bonds is 6. The van der Waals surface area contributed by atoms with Gasteiger partial charge in [0.15, 0.2) is 17.1 Å². The van der Waals surface area contributed by atoms with Crippen LogP contribution in [0.15, 0.2) is 18.2 Å². The lowest BCUT2D eigenvalue weighted by atomic mass is 10.3. The first-order chi connectivity index (χ1) is 18.8. The summed E-state index contributed by atoms with van der Waals surface area (Å²) in [6.45, 7) is 0. The van der Waals surface area contributed by atoms with Gasteiger partial charge in [0.05, 0.1) is 0 Å². The van der Waals surface area contributed by atoms with Gasteiger partial charge in [-0.2, -0.15) is 68.6 Å². The van der Waals surface area contributed by atoms with Crippen molar-refractivity contribution in [2.45, 2.75) is 18.5 Å². The van der Waals surface area contributed by atoms with Crippen molar-refractivity contribution in [2.75, 3.05) is 0 Å². The van der Waals surface area contributed by atoms with E-state index in [0.29, 0.717) is 26.2 Å². The topological polar surface area (TPSA) is 94.0 Å². The number of hydrogen-bond acceptors (Lipinski definition) is 7. The highest BCUT2D eigenvalue weighted by Crippen LogP contribution is 2.41. The summed E-state index contributed by atoms with van der Waals surface area (Å²) in [5.74, 6) is -10.6. The second-order valence-corrected chi connectivity index (χ2v) is 7.95. The number of pyridine rings is 1. The molecule has 0 unspecified atom stereocenters. The first-order valence-corrected chi connectivity index (χ1v) is 10.5. The summed E-state index contributed by atoms with van der Waals surface area (Å²) >= 11 is 0. The van der Waals surface area contributed by atoms with Crippen LogP contribution in [-0.4, -0.2) is 34.3 Å². The van der Waals surface area contributed by atoms with E-state index in [9.17, 15) is 39.5 Å². The molecule has 4 aromatic rings. The lowest BCUT2D eigenvalue weighted by Crippen LogP contribution is -2.07. The van der Waals surface area contributed by atoms with Crippen molar-refractivity contribution in [3.8, 4) is 35.1 Å². The minimum atomic E-state index is -5.00. The number of hydrogen-bond donors (Lipinski definition) is 0. The van der Waals surface area contributed by atoms with Crippen molar-refractivity contribution < 1.29 is 62.5 Å². The molecule has 0 aromatic carbocycles. The molecule has 4 heterocycles. The van der Waals surface area contributed by atoms with E-state index in [1.165, 1.54) is 0 Å². The molecule has 0 radical (unpaired) electrons. The quantitative estimate of drug-likeness (QED) is 0.249. The van der Waals surface area contributed by atoms with Gasteiger partial charge in [0, 0.05) is 39.3 Å². The predicted octanol–water partition coefficient (Wildman–Crippen LogP) is 5.99. The molecule has 10 nitrogen and oxygen atoms in total. The Morgan fingerprint density at radius 2 is 0.829 bits per heavy atom. The maximum atomic E-state index is 15.3. The second kappa shape index (κ2) is 9.80. The first kappa shape index (κ1) is 29.4. The molecule has 0 saturated heterocycles. The summed E-state index contributed by atoms with van der Waals surface area (Å²) in [6, 6.07) is 0.867. The highest BCUT2D eigenvalue weighted by atomic mass is 19.4. The van der Waals surface area contributed by atoms with Crippen LogP contribution in [0, 0.1) is 11.6 Å². The van der Waals surface area contributed by atoms with Gasteiger partial charge >= 0.3 is 18.5 Å². The average molecular weight is 607 g/mol. The summed E-state index contributed by atoms with van der Waals surface area (Å²) in [5.41, 5.74) is -4.51. The van der Waals surface area contributed by atoms with E-state index in [-0.39, 0.29) is 6.07 Å². The van der Waals surface area contributed by atoms with Gasteiger partial charge in [-0.15, -0.1) is 0 Å². The molecule has 0 amide bonds. The Kier molecular flexibility index (Phi) is 7.03. The summed E-state index contributed by atoms with van der Waals surface area (Å²) < 4.78 is 164. The van der Waals surface area contributed by atoms with Crippen molar-refractivity contribution in [1.29, 1.82) is 0 Å². The Balaban J connectivity index is 1.83. The number of alkyl halides is 9. The molecule has 0 atom stereocenters. The SMILES string of the molecule is Cn1nc(C(F)(F)F)cc1Oc1nc(Oc2cc(C(F)(F)F)nn2C)c(F)c(Oc2cc(C(F)(F)F)nn2C)c1F. The van der Waals surface area contributed by atoms with Gasteiger partial charge in [-0.05, 0) is 0 Å². The number of ether oxygens (including phenoxy) is 3. The monoisotopic (exact) mass is 607 g/mol. The third-order valence-electron chi connectivity index (χ3n) is 4.97. The van der Waals surface area contributed by atoms with Gasteiger partial charge in [-0.1, -0.05) is 0 Å². The predicted molar refractivity (Wildman–Crippen MR) is 109 cm³/mol. The van der Waals surface area contributed by atoms with Gasteiger partial charge in [0.2, 0.25) is 35.0 Å². The maximum Gasteiger partial charge on any atom is 0.435 e. The van der Waals surface area contributed by atoms with Crippen LogP contribution in [0.5, 0.6) is 35.1 Å². The van der Waals surface area contributed by atoms with Crippen LogP contribution in [-0.2, 0) is 39.7 Å². The van der Waals surface area contributed by atoms with Crippen molar-refractivity contribution in [2.24, 2.45) is 21.1 Å². The van der Waals surface area contributed by atoms with Crippen LogP contribution in [0.3, 0.4) is 0 Å². The third-order valence-corrected chi connectivity index (χ3v) is 4.97. The van der Waals surface area contributed by atoms with Crippen molar-refractivity contribution in [1.82, 2.24) is 34.3 Å². The summed E-state index contributed by atoms with van der Waals surface area (Å²) in [4.78, 5) is 3.34. The zero-order chi connectivity index (χ0) is 30.7. The van der Waals surface area contributed by atoms with Crippen LogP contribution in [0.25, 0.3) is 0 Å². The molecular formula is C20H12F11N7O3. The third kappa shape index (κ3) is 5.96. The van der Waals surface area contributed by atoms with E-state index in [4.69, 9.17) is 14.2 Å². The van der Waals surface area contributed by atoms with Crippen LogP contribution in [0.4, 0.5) is 48.3 Å². The van der Waals surface area contributed by atoms with Crippen LogP contribution in [0.1, 0.15) is 17.1 Å². The lowest BCUT2D eigenvalue weighted by Gasteiger charge is -2.14. The molecule has 0 bridgehead atoms. The van der Waals surface area contributed by atoms with Crippen molar-refractivity contribution >= 4 is 0 Å². The van der Waals surface area contributed by atoms with Gasteiger partial charge in [0.1, 0.15) is 0 Å². The van der Waals surface area contributed by atoms with Crippen molar-refractivity contribution in [3.05, 3.63) is 46.9 Å². The van der Waals surface area contributed by atoms with Gasteiger partial charge in [0.25, 0.3) is 11.8 Å². The molecule has 0 spiro atoms. The average Bonchev–Trinajstić information content (AvgIpc) is 3.51. The standard InChI is InChI=1S/C20H12F11N7O3/c1-36-10(4-7(33-36)18(23,24)25)39-15-13(21)16(40-11-5-8(19(26,27)28)34-37(11)2)32-17(14(15)22)41-12-6-9(20(29,30)31)35-38(12)3/h4-6H,1-3H3. The molecule has 0 aliphatic heterocycles. The normalized spacial score (nSPS) is 12.6. The highest BCUT2D eigenvalue weighted by Gasteiger charge is 2.38. The highest BCUT2D eigenvalue weighted by molar-refractivity contribution is 5.42. The minimum absolute atomic E-state index is 0.258. The van der Waals surface area contributed by atoms with Crippen LogP contribution in [0.2, 0.25) is 0 Å². The lowest BCUT2D eigenvalue weighted by molar-refractivity contribution is -0.142. The van der Waals surface area contributed by atoms with Crippen LogP contribution >= 0.6 is 0 Å². The molecule has 0 N–H and O–H groups in total. The minimum Gasteiger partial charge on any atom is -0.433 e. The summed E-state index contributed by atoms with van der Waals surface area (Å²) in [5, 5.41) is 9.35. The van der Waals surface area contributed by atoms with E-state index in [2.05, 4.69) is 20.3 Å². The largest absolute Gasteiger partial charge is 0.435 e. The maximum absolute atomic E-state index is 15.3. The zero-order valence-electron chi connectivity index (χ0n) is 20.2. The Morgan fingerprint density at radius 1 is 0.537 bits per heavy atom. The second-order valence-electron chi connectivity index (χ2n) is 7.95. The molecule has 0 saturated carbocycles. The van der Waals surface area contributed by atoms with Gasteiger partial charge in [-0.3, -0.25) is 0 Å². The molecule has 0 fully saturated rings. The van der Waals surface area contributed by atoms with E-state index in [1.54, 1.807) is 0 Å². The fourth-order valence-corrected chi connectivity index (χ4v) is 3.06. The Labute approximate surface area is 219 Å². The van der Waals surface area contributed by atoms with Gasteiger partial charge < -0.3 is 14.2 Å². The van der Waals surface area contributed by atoms with E-state index < -0.39 is 82.4 Å². The summed E-state index contributed by atoms with van der Waals surface area (Å²) in [6.07, 6.45) is -14.9. The molecule has 0 aliphatic carbocycles.